The summed E-state index contributed by atoms with van der Waals surface area (Å²) in [6.45, 7) is 1.40. The summed E-state index contributed by atoms with van der Waals surface area (Å²) in [6.07, 6.45) is 10.0. The minimum atomic E-state index is 0.130. The summed E-state index contributed by atoms with van der Waals surface area (Å²) in [5.41, 5.74) is 2.65. The predicted octanol–water partition coefficient (Wildman–Crippen LogP) is 1.87. The molecule has 2 aliphatic rings. The minimum absolute atomic E-state index is 0.130. The Morgan fingerprint density at radius 1 is 1.12 bits per heavy atom. The molecule has 2 aliphatic heterocycles. The van der Waals surface area contributed by atoms with Crippen molar-refractivity contribution in [3.05, 3.63) is 48.3 Å². The zero-order valence-electron chi connectivity index (χ0n) is 14.9. The molecular weight excluding hydrogens is 328 g/mol. The van der Waals surface area contributed by atoms with Crippen molar-refractivity contribution in [2.24, 2.45) is 10.9 Å². The van der Waals surface area contributed by atoms with Crippen LogP contribution >= 0.6 is 0 Å². The monoisotopic (exact) mass is 354 g/mol. The Bertz CT molecular complexity index is 775. The fourth-order valence-electron chi connectivity index (χ4n) is 3.20. The van der Waals surface area contributed by atoms with E-state index >= 15 is 0 Å². The van der Waals surface area contributed by atoms with Gasteiger partial charge in [0.15, 0.2) is 5.65 Å². The van der Waals surface area contributed by atoms with Crippen LogP contribution in [-0.4, -0.2) is 51.8 Å². The second-order valence-corrected chi connectivity index (χ2v) is 6.48. The molecule has 1 saturated heterocycles. The molecule has 2 aromatic rings. The van der Waals surface area contributed by atoms with Crippen LogP contribution in [0, 0.1) is 5.92 Å². The molecule has 0 bridgehead atoms. The highest BCUT2D eigenvalue weighted by atomic mass is 16.3. The highest BCUT2D eigenvalue weighted by Gasteiger charge is 2.24. The Labute approximate surface area is 153 Å². The molecule has 0 aromatic carbocycles. The molecular formula is C20H26N4O2. The second-order valence-electron chi connectivity index (χ2n) is 6.48. The molecule has 0 amide bonds. The number of allylic oxidation sites excluding steroid dienone is 1. The van der Waals surface area contributed by atoms with Crippen LogP contribution in [-0.2, 0) is 6.42 Å². The fraction of sp³-hybridized carbons (Fsp3) is 0.450. The summed E-state index contributed by atoms with van der Waals surface area (Å²) in [5, 5.41) is 21.9. The lowest BCUT2D eigenvalue weighted by Gasteiger charge is -2.30. The number of nitrogens with zero attached hydrogens (tertiary/aromatic N) is 3. The number of aliphatic imine (C=N–C) groups is 1. The molecule has 0 aliphatic carbocycles. The van der Waals surface area contributed by atoms with Crippen molar-refractivity contribution in [2.75, 3.05) is 19.8 Å². The lowest BCUT2D eigenvalue weighted by atomic mass is 9.93. The molecule has 2 aromatic heterocycles. The molecule has 138 valence electrons. The zero-order chi connectivity index (χ0) is 18.2. The number of fused-ring (bicyclic) bond motifs is 2. The first-order valence-electron chi connectivity index (χ1n) is 9.21. The number of aliphatic hydroxyl groups excluding tert-OH is 2. The van der Waals surface area contributed by atoms with Crippen molar-refractivity contribution < 1.29 is 10.2 Å². The van der Waals surface area contributed by atoms with Crippen molar-refractivity contribution >= 4 is 16.7 Å². The van der Waals surface area contributed by atoms with Gasteiger partial charge in [-0.3, -0.25) is 10.3 Å². The number of rotatable bonds is 4. The van der Waals surface area contributed by atoms with E-state index in [1.807, 2.05) is 24.3 Å². The maximum absolute atomic E-state index is 8.78. The number of hydrogen-bond acceptors (Lipinski definition) is 6. The first kappa shape index (κ1) is 18.6. The number of piperidine rings is 1. The Kier molecular flexibility index (Phi) is 6.82. The zero-order valence-corrected chi connectivity index (χ0v) is 14.9. The van der Waals surface area contributed by atoms with E-state index < -0.39 is 0 Å². The first-order valence-corrected chi connectivity index (χ1v) is 9.21. The number of hydrogen-bond donors (Lipinski definition) is 3. The average Bonchev–Trinajstić information content (AvgIpc) is 2.69. The van der Waals surface area contributed by atoms with Crippen LogP contribution in [0.5, 0.6) is 0 Å². The molecule has 1 fully saturated rings. The second kappa shape index (κ2) is 9.52. The summed E-state index contributed by atoms with van der Waals surface area (Å²) in [7, 11) is 0. The van der Waals surface area contributed by atoms with Gasteiger partial charge < -0.3 is 10.2 Å². The molecule has 0 saturated carbocycles. The van der Waals surface area contributed by atoms with Crippen molar-refractivity contribution in [3.63, 3.8) is 0 Å². The summed E-state index contributed by atoms with van der Waals surface area (Å²) in [4.78, 5) is 13.0. The molecule has 4 heterocycles. The topological polar surface area (TPSA) is 90.6 Å². The van der Waals surface area contributed by atoms with Crippen molar-refractivity contribution in [1.29, 1.82) is 0 Å². The van der Waals surface area contributed by atoms with E-state index in [1.54, 1.807) is 6.20 Å². The summed E-state index contributed by atoms with van der Waals surface area (Å²) in [6, 6.07) is 7.74. The molecule has 2 atom stereocenters. The quantitative estimate of drug-likeness (QED) is 0.780. The number of nitrogens with one attached hydrogen (secondary N) is 1. The molecule has 3 N–H and O–H groups in total. The number of aromatic nitrogens is 2. The molecule has 6 heteroatoms. The molecule has 2 unspecified atom stereocenters. The summed E-state index contributed by atoms with van der Waals surface area (Å²) in [5.74, 6) is 0.580. The largest absolute Gasteiger partial charge is 0.396 e. The van der Waals surface area contributed by atoms with Gasteiger partial charge in [0.05, 0.1) is 0 Å². The fourth-order valence-corrected chi connectivity index (χ4v) is 3.20. The van der Waals surface area contributed by atoms with Crippen LogP contribution in [0.25, 0.3) is 11.0 Å². The van der Waals surface area contributed by atoms with E-state index in [-0.39, 0.29) is 19.4 Å². The lowest BCUT2D eigenvalue weighted by Crippen LogP contribution is -2.41. The Morgan fingerprint density at radius 3 is 2.85 bits per heavy atom. The van der Waals surface area contributed by atoms with Gasteiger partial charge in [0.25, 0.3) is 0 Å². The van der Waals surface area contributed by atoms with E-state index in [9.17, 15) is 0 Å². The van der Waals surface area contributed by atoms with Gasteiger partial charge in [0, 0.05) is 55.0 Å². The number of aliphatic hydroxyl groups is 2. The molecule has 0 spiro atoms. The highest BCUT2D eigenvalue weighted by molar-refractivity contribution is 5.95. The van der Waals surface area contributed by atoms with Crippen LogP contribution in [0.1, 0.15) is 25.0 Å². The van der Waals surface area contributed by atoms with Gasteiger partial charge in [0.2, 0.25) is 0 Å². The minimum Gasteiger partial charge on any atom is -0.396 e. The first-order chi connectivity index (χ1) is 12.8. The molecule has 26 heavy (non-hydrogen) atoms. The number of dihydropyridines is 1. The molecule has 0 radical (unpaired) electrons. The van der Waals surface area contributed by atoms with E-state index in [2.05, 4.69) is 32.4 Å². The summed E-state index contributed by atoms with van der Waals surface area (Å²) < 4.78 is 0. The predicted molar refractivity (Wildman–Crippen MR) is 103 cm³/mol. The van der Waals surface area contributed by atoms with Gasteiger partial charge in [-0.15, -0.1) is 0 Å². The normalized spacial score (nSPS) is 21.5. The summed E-state index contributed by atoms with van der Waals surface area (Å²) >= 11 is 0. The third-order valence-corrected chi connectivity index (χ3v) is 4.57. The van der Waals surface area contributed by atoms with Gasteiger partial charge in [-0.25, -0.2) is 9.97 Å². The van der Waals surface area contributed by atoms with Gasteiger partial charge in [-0.1, -0.05) is 6.08 Å². The number of pyridine rings is 2. The van der Waals surface area contributed by atoms with E-state index in [0.29, 0.717) is 18.8 Å². The van der Waals surface area contributed by atoms with Gasteiger partial charge in [-0.2, -0.15) is 0 Å². The maximum atomic E-state index is 8.78. The van der Waals surface area contributed by atoms with Crippen LogP contribution < -0.4 is 5.32 Å². The van der Waals surface area contributed by atoms with E-state index in [4.69, 9.17) is 10.2 Å². The van der Waals surface area contributed by atoms with Crippen LogP contribution in [0.3, 0.4) is 0 Å². The van der Waals surface area contributed by atoms with Gasteiger partial charge in [0.1, 0.15) is 6.17 Å². The van der Waals surface area contributed by atoms with Crippen molar-refractivity contribution in [1.82, 2.24) is 15.3 Å². The third-order valence-electron chi connectivity index (χ3n) is 4.57. The Hall–Kier alpha value is -2.15. The lowest BCUT2D eigenvalue weighted by molar-refractivity contribution is 0.298. The molecule has 4 rings (SSSR count). The van der Waals surface area contributed by atoms with E-state index in [0.717, 1.165) is 29.0 Å². The average molecular weight is 354 g/mol. The van der Waals surface area contributed by atoms with Gasteiger partial charge >= 0.3 is 0 Å². The van der Waals surface area contributed by atoms with Gasteiger partial charge in [-0.05, 0) is 49.7 Å². The van der Waals surface area contributed by atoms with E-state index in [1.165, 1.54) is 12.8 Å². The maximum Gasteiger partial charge on any atom is 0.159 e. The Morgan fingerprint density at radius 2 is 2.00 bits per heavy atom. The standard InChI is InChI=1S/C10H16N2O.C10H10N2O/c2*13-7-5-9-4-3-8-2-1-6-11-10(8)12-9/h3-4,8,10-11,13H,1-2,5-7H2;1-4,6,13H,5,7H2. The van der Waals surface area contributed by atoms with Crippen LogP contribution in [0.2, 0.25) is 0 Å². The van der Waals surface area contributed by atoms with Crippen LogP contribution in [0.15, 0.2) is 47.6 Å². The third kappa shape index (κ3) is 4.94. The molecule has 6 nitrogen and oxygen atoms in total. The van der Waals surface area contributed by atoms with Crippen LogP contribution in [0.4, 0.5) is 0 Å². The highest BCUT2D eigenvalue weighted by Crippen LogP contribution is 2.22. The Balaban J connectivity index is 0.000000151. The smallest absolute Gasteiger partial charge is 0.159 e. The van der Waals surface area contributed by atoms with Crippen molar-refractivity contribution in [3.8, 4) is 0 Å². The SMILES string of the molecule is OCCC1=NC2NCCCC2C=C1.OCCc1ccc2cccnc2n1. The van der Waals surface area contributed by atoms with Crippen molar-refractivity contribution in [2.45, 2.75) is 31.8 Å².